The fraction of sp³-hybridized carbons (Fsp3) is 0.571. The highest BCUT2D eigenvalue weighted by molar-refractivity contribution is 6.30. The zero-order chi connectivity index (χ0) is 13.0. The van der Waals surface area contributed by atoms with Crippen molar-refractivity contribution in [1.29, 1.82) is 0 Å². The van der Waals surface area contributed by atoms with Crippen molar-refractivity contribution in [2.75, 3.05) is 26.8 Å². The predicted octanol–water partition coefficient (Wildman–Crippen LogP) is 3.04. The van der Waals surface area contributed by atoms with Gasteiger partial charge in [0.25, 0.3) is 0 Å². The molecule has 100 valence electrons. The molecule has 0 atom stereocenters. The second-order valence-electron chi connectivity index (χ2n) is 5.08. The third-order valence-corrected chi connectivity index (χ3v) is 3.75. The monoisotopic (exact) mass is 271 g/mol. The van der Waals surface area contributed by atoms with E-state index in [1.165, 1.54) is 6.07 Å². The Morgan fingerprint density at radius 1 is 1.44 bits per heavy atom. The van der Waals surface area contributed by atoms with Gasteiger partial charge in [0.2, 0.25) is 0 Å². The van der Waals surface area contributed by atoms with Crippen molar-refractivity contribution in [1.82, 2.24) is 5.32 Å². The van der Waals surface area contributed by atoms with Crippen LogP contribution < -0.4 is 5.32 Å². The fourth-order valence-corrected chi connectivity index (χ4v) is 2.40. The molecular formula is C14H19ClFNO. The Labute approximate surface area is 112 Å². The number of hydrogen-bond acceptors (Lipinski definition) is 2. The third-order valence-electron chi connectivity index (χ3n) is 3.51. The van der Waals surface area contributed by atoms with E-state index in [0.717, 1.165) is 37.9 Å². The maximum Gasteiger partial charge on any atom is 0.126 e. The van der Waals surface area contributed by atoms with Gasteiger partial charge >= 0.3 is 0 Å². The number of halogens is 2. The Morgan fingerprint density at radius 3 is 2.89 bits per heavy atom. The van der Waals surface area contributed by atoms with E-state index in [2.05, 4.69) is 5.32 Å². The summed E-state index contributed by atoms with van der Waals surface area (Å²) >= 11 is 5.91. The van der Waals surface area contributed by atoms with Crippen molar-refractivity contribution in [3.05, 3.63) is 34.6 Å². The van der Waals surface area contributed by atoms with Gasteiger partial charge in [-0.15, -0.1) is 0 Å². The lowest BCUT2D eigenvalue weighted by atomic mass is 9.96. The van der Waals surface area contributed by atoms with Crippen LogP contribution in [0, 0.1) is 11.2 Å². The maximum absolute atomic E-state index is 13.7. The van der Waals surface area contributed by atoms with E-state index in [4.69, 9.17) is 16.3 Å². The van der Waals surface area contributed by atoms with Gasteiger partial charge in [-0.3, -0.25) is 0 Å². The summed E-state index contributed by atoms with van der Waals surface area (Å²) in [5.74, 6) is -0.150. The van der Waals surface area contributed by atoms with Crippen LogP contribution in [0.1, 0.15) is 18.4 Å². The first kappa shape index (κ1) is 13.8. The molecule has 0 amide bonds. The van der Waals surface area contributed by atoms with Gasteiger partial charge in [-0.1, -0.05) is 11.6 Å². The largest absolute Gasteiger partial charge is 0.383 e. The van der Waals surface area contributed by atoms with Gasteiger partial charge in [0, 0.05) is 25.2 Å². The van der Waals surface area contributed by atoms with Crippen LogP contribution in [-0.4, -0.2) is 26.8 Å². The summed E-state index contributed by atoms with van der Waals surface area (Å²) in [5, 5.41) is 3.97. The van der Waals surface area contributed by atoms with Crippen molar-refractivity contribution in [3.8, 4) is 0 Å². The summed E-state index contributed by atoms with van der Waals surface area (Å²) < 4.78 is 18.7. The molecule has 1 aromatic rings. The van der Waals surface area contributed by atoms with Gasteiger partial charge < -0.3 is 10.1 Å². The predicted molar refractivity (Wildman–Crippen MR) is 71.5 cm³/mol. The minimum Gasteiger partial charge on any atom is -0.383 e. The molecule has 1 aliphatic carbocycles. The van der Waals surface area contributed by atoms with Crippen molar-refractivity contribution >= 4 is 11.6 Å². The molecule has 1 aliphatic rings. The molecule has 0 radical (unpaired) electrons. The molecule has 1 fully saturated rings. The molecule has 18 heavy (non-hydrogen) atoms. The van der Waals surface area contributed by atoms with Crippen LogP contribution >= 0.6 is 11.6 Å². The molecule has 1 N–H and O–H groups in total. The smallest absolute Gasteiger partial charge is 0.126 e. The second kappa shape index (κ2) is 6.00. The quantitative estimate of drug-likeness (QED) is 0.770. The zero-order valence-corrected chi connectivity index (χ0v) is 11.4. The maximum atomic E-state index is 13.7. The molecular weight excluding hydrogens is 253 g/mol. The summed E-state index contributed by atoms with van der Waals surface area (Å²) in [6.45, 7) is 2.47. The molecule has 0 unspecified atom stereocenters. The van der Waals surface area contributed by atoms with Gasteiger partial charge in [0.15, 0.2) is 0 Å². The van der Waals surface area contributed by atoms with Gasteiger partial charge in [0.1, 0.15) is 5.82 Å². The van der Waals surface area contributed by atoms with E-state index in [1.807, 2.05) is 0 Å². The summed E-state index contributed by atoms with van der Waals surface area (Å²) in [6, 6.07) is 4.79. The minimum atomic E-state index is -0.150. The Bertz CT molecular complexity index is 407. The molecule has 4 heteroatoms. The highest BCUT2D eigenvalue weighted by Gasteiger charge is 2.42. The molecule has 0 aromatic heterocycles. The van der Waals surface area contributed by atoms with Gasteiger partial charge in [-0.05, 0) is 48.4 Å². The van der Waals surface area contributed by atoms with Crippen molar-refractivity contribution < 1.29 is 9.13 Å². The number of benzene rings is 1. The Hall–Kier alpha value is -0.640. The highest BCUT2D eigenvalue weighted by atomic mass is 35.5. The molecule has 1 aromatic carbocycles. The van der Waals surface area contributed by atoms with E-state index < -0.39 is 0 Å². The average molecular weight is 272 g/mol. The Kier molecular flexibility index (Phi) is 4.60. The lowest BCUT2D eigenvalue weighted by Gasteiger charge is -2.16. The van der Waals surface area contributed by atoms with Gasteiger partial charge in [0.05, 0.1) is 6.61 Å². The summed E-state index contributed by atoms with van der Waals surface area (Å²) in [7, 11) is 1.69. The SMILES string of the molecule is COCCNCC1(Cc2cc(Cl)ccc2F)CC1. The molecule has 0 aliphatic heterocycles. The van der Waals surface area contributed by atoms with Crippen LogP contribution in [0.4, 0.5) is 4.39 Å². The first-order valence-electron chi connectivity index (χ1n) is 6.29. The van der Waals surface area contributed by atoms with Crippen LogP contribution in [0.5, 0.6) is 0 Å². The molecule has 0 bridgehead atoms. The van der Waals surface area contributed by atoms with Crippen LogP contribution in [-0.2, 0) is 11.2 Å². The normalized spacial score (nSPS) is 16.8. The number of ether oxygens (including phenoxy) is 1. The fourth-order valence-electron chi connectivity index (χ4n) is 2.20. The first-order chi connectivity index (χ1) is 8.65. The number of hydrogen-bond donors (Lipinski definition) is 1. The Balaban J connectivity index is 1.90. The number of nitrogens with one attached hydrogen (secondary N) is 1. The molecule has 2 rings (SSSR count). The van der Waals surface area contributed by atoms with E-state index in [1.54, 1.807) is 19.2 Å². The van der Waals surface area contributed by atoms with Crippen molar-refractivity contribution in [3.63, 3.8) is 0 Å². The summed E-state index contributed by atoms with van der Waals surface area (Å²) in [4.78, 5) is 0. The molecule has 1 saturated carbocycles. The van der Waals surface area contributed by atoms with Crippen LogP contribution in [0.15, 0.2) is 18.2 Å². The minimum absolute atomic E-state index is 0.150. The second-order valence-corrected chi connectivity index (χ2v) is 5.52. The van der Waals surface area contributed by atoms with E-state index in [0.29, 0.717) is 11.6 Å². The highest BCUT2D eigenvalue weighted by Crippen LogP contribution is 2.48. The van der Waals surface area contributed by atoms with E-state index in [-0.39, 0.29) is 11.2 Å². The molecule has 0 spiro atoms. The number of methoxy groups -OCH3 is 1. The lowest BCUT2D eigenvalue weighted by Crippen LogP contribution is -2.28. The van der Waals surface area contributed by atoms with E-state index >= 15 is 0 Å². The molecule has 0 saturated heterocycles. The van der Waals surface area contributed by atoms with Crippen molar-refractivity contribution in [2.45, 2.75) is 19.3 Å². The Morgan fingerprint density at radius 2 is 2.22 bits per heavy atom. The zero-order valence-electron chi connectivity index (χ0n) is 10.6. The average Bonchev–Trinajstić information content (AvgIpc) is 3.10. The topological polar surface area (TPSA) is 21.3 Å². The van der Waals surface area contributed by atoms with Gasteiger partial charge in [-0.25, -0.2) is 4.39 Å². The third kappa shape index (κ3) is 3.67. The lowest BCUT2D eigenvalue weighted by molar-refractivity contribution is 0.197. The molecule has 0 heterocycles. The molecule has 2 nitrogen and oxygen atoms in total. The van der Waals surface area contributed by atoms with Gasteiger partial charge in [-0.2, -0.15) is 0 Å². The summed E-state index contributed by atoms with van der Waals surface area (Å²) in [5.41, 5.74) is 0.952. The van der Waals surface area contributed by atoms with Crippen LogP contribution in [0.2, 0.25) is 5.02 Å². The first-order valence-corrected chi connectivity index (χ1v) is 6.67. The number of rotatable bonds is 7. The summed E-state index contributed by atoms with van der Waals surface area (Å²) in [6.07, 6.45) is 3.07. The standard InChI is InChI=1S/C14H19ClFNO/c1-18-7-6-17-10-14(4-5-14)9-11-8-12(15)2-3-13(11)16/h2-3,8,17H,4-7,9-10H2,1H3. The van der Waals surface area contributed by atoms with E-state index in [9.17, 15) is 4.39 Å². The van der Waals surface area contributed by atoms with Crippen molar-refractivity contribution in [2.24, 2.45) is 5.41 Å². The van der Waals surface area contributed by atoms with Crippen LogP contribution in [0.3, 0.4) is 0 Å². The van der Waals surface area contributed by atoms with Crippen LogP contribution in [0.25, 0.3) is 0 Å².